The van der Waals surface area contributed by atoms with Crippen molar-refractivity contribution < 1.29 is 4.79 Å². The van der Waals surface area contributed by atoms with Crippen LogP contribution in [0.1, 0.15) is 15.9 Å². The summed E-state index contributed by atoms with van der Waals surface area (Å²) in [6.07, 6.45) is 1.68. The van der Waals surface area contributed by atoms with E-state index in [-0.39, 0.29) is 5.78 Å². The number of benzene rings is 2. The van der Waals surface area contributed by atoms with Crippen molar-refractivity contribution in [2.45, 2.75) is 0 Å². The number of aromatic amines is 1. The highest BCUT2D eigenvalue weighted by Crippen LogP contribution is 2.30. The second kappa shape index (κ2) is 5.24. The molecule has 0 saturated heterocycles. The molecule has 0 aliphatic carbocycles. The fourth-order valence-electron chi connectivity index (χ4n) is 2.10. The molecule has 0 saturated carbocycles. The van der Waals surface area contributed by atoms with Gasteiger partial charge < -0.3 is 4.98 Å². The zero-order valence-corrected chi connectivity index (χ0v) is 13.2. The standard InChI is InChI=1S/C15H8BrCl2NO/c16-12-3-1-2-9(14(12)18)15(20)11-7-19-13-5-4-8(17)6-10(11)13/h1-7,19H. The van der Waals surface area contributed by atoms with E-state index in [1.54, 1.807) is 36.5 Å². The number of aromatic nitrogens is 1. The molecule has 0 atom stereocenters. The number of nitrogens with one attached hydrogen (secondary N) is 1. The molecule has 0 bridgehead atoms. The smallest absolute Gasteiger partial charge is 0.196 e. The lowest BCUT2D eigenvalue weighted by Gasteiger charge is -2.04. The van der Waals surface area contributed by atoms with Gasteiger partial charge in [-0.2, -0.15) is 0 Å². The molecule has 2 nitrogen and oxygen atoms in total. The molecule has 0 amide bonds. The van der Waals surface area contributed by atoms with Crippen molar-refractivity contribution >= 4 is 55.8 Å². The van der Waals surface area contributed by atoms with Crippen LogP contribution < -0.4 is 0 Å². The maximum atomic E-state index is 12.6. The van der Waals surface area contributed by atoms with Crippen LogP contribution in [-0.4, -0.2) is 10.8 Å². The second-order valence-corrected chi connectivity index (χ2v) is 5.99. The Hall–Kier alpha value is -1.29. The summed E-state index contributed by atoms with van der Waals surface area (Å²) >= 11 is 15.5. The number of hydrogen-bond donors (Lipinski definition) is 1. The molecule has 1 aromatic heterocycles. The van der Waals surface area contributed by atoms with Gasteiger partial charge in [0.15, 0.2) is 5.78 Å². The highest BCUT2D eigenvalue weighted by Gasteiger charge is 2.18. The normalized spacial score (nSPS) is 10.9. The molecular formula is C15H8BrCl2NO. The SMILES string of the molecule is O=C(c1cccc(Br)c1Cl)c1c[nH]c2ccc(Cl)cc12. The molecule has 0 fully saturated rings. The Labute approximate surface area is 133 Å². The summed E-state index contributed by atoms with van der Waals surface area (Å²) in [7, 11) is 0. The predicted molar refractivity (Wildman–Crippen MR) is 85.9 cm³/mol. The largest absolute Gasteiger partial charge is 0.360 e. The third-order valence-corrected chi connectivity index (χ3v) is 4.62. The Morgan fingerprint density at radius 2 is 1.90 bits per heavy atom. The number of fused-ring (bicyclic) bond motifs is 1. The first kappa shape index (κ1) is 13.7. The van der Waals surface area contributed by atoms with Gasteiger partial charge in [-0.25, -0.2) is 0 Å². The van der Waals surface area contributed by atoms with Crippen molar-refractivity contribution in [1.82, 2.24) is 4.98 Å². The van der Waals surface area contributed by atoms with Gasteiger partial charge in [-0.1, -0.05) is 29.3 Å². The summed E-state index contributed by atoms with van der Waals surface area (Å²) in [6.45, 7) is 0. The van der Waals surface area contributed by atoms with Crippen LogP contribution in [0.4, 0.5) is 0 Å². The topological polar surface area (TPSA) is 32.9 Å². The summed E-state index contributed by atoms with van der Waals surface area (Å²) in [4.78, 5) is 15.7. The van der Waals surface area contributed by atoms with Gasteiger partial charge in [0.2, 0.25) is 0 Å². The molecule has 1 heterocycles. The third-order valence-electron chi connectivity index (χ3n) is 3.08. The first-order chi connectivity index (χ1) is 9.58. The maximum Gasteiger partial charge on any atom is 0.196 e. The molecular weight excluding hydrogens is 361 g/mol. The average molecular weight is 369 g/mol. The quantitative estimate of drug-likeness (QED) is 0.598. The average Bonchev–Trinajstić information content (AvgIpc) is 2.84. The van der Waals surface area contributed by atoms with Crippen LogP contribution in [0.25, 0.3) is 10.9 Å². The lowest BCUT2D eigenvalue weighted by Crippen LogP contribution is -2.01. The Balaban J connectivity index is 2.18. The molecule has 3 aromatic rings. The first-order valence-electron chi connectivity index (χ1n) is 5.83. The van der Waals surface area contributed by atoms with E-state index in [1.807, 2.05) is 6.07 Å². The van der Waals surface area contributed by atoms with Crippen LogP contribution >= 0.6 is 39.1 Å². The summed E-state index contributed by atoms with van der Waals surface area (Å²) in [5, 5.41) is 1.79. The van der Waals surface area contributed by atoms with Crippen molar-refractivity contribution in [2.75, 3.05) is 0 Å². The Morgan fingerprint density at radius 3 is 2.70 bits per heavy atom. The molecule has 20 heavy (non-hydrogen) atoms. The van der Waals surface area contributed by atoms with E-state index >= 15 is 0 Å². The van der Waals surface area contributed by atoms with Crippen LogP contribution in [-0.2, 0) is 0 Å². The third kappa shape index (κ3) is 2.26. The van der Waals surface area contributed by atoms with E-state index in [9.17, 15) is 4.79 Å². The van der Waals surface area contributed by atoms with Crippen molar-refractivity contribution in [1.29, 1.82) is 0 Å². The number of carbonyl (C=O) groups is 1. The van der Waals surface area contributed by atoms with Crippen LogP contribution in [0.3, 0.4) is 0 Å². The fraction of sp³-hybridized carbons (Fsp3) is 0. The van der Waals surface area contributed by atoms with E-state index in [0.717, 1.165) is 10.9 Å². The minimum absolute atomic E-state index is 0.134. The van der Waals surface area contributed by atoms with Crippen LogP contribution in [0.2, 0.25) is 10.0 Å². The van der Waals surface area contributed by atoms with Crippen LogP contribution in [0.15, 0.2) is 47.1 Å². The van der Waals surface area contributed by atoms with Gasteiger partial charge in [-0.05, 0) is 46.3 Å². The number of hydrogen-bond acceptors (Lipinski definition) is 1. The first-order valence-corrected chi connectivity index (χ1v) is 7.38. The molecule has 3 rings (SSSR count). The van der Waals surface area contributed by atoms with Crippen LogP contribution in [0, 0.1) is 0 Å². The number of H-pyrrole nitrogens is 1. The molecule has 0 aliphatic rings. The molecule has 2 aromatic carbocycles. The monoisotopic (exact) mass is 367 g/mol. The molecule has 0 radical (unpaired) electrons. The maximum absolute atomic E-state index is 12.6. The van der Waals surface area contributed by atoms with E-state index < -0.39 is 0 Å². The van der Waals surface area contributed by atoms with E-state index in [2.05, 4.69) is 20.9 Å². The minimum atomic E-state index is -0.134. The molecule has 0 aliphatic heterocycles. The minimum Gasteiger partial charge on any atom is -0.360 e. The van der Waals surface area contributed by atoms with Crippen molar-refractivity contribution in [2.24, 2.45) is 0 Å². The van der Waals surface area contributed by atoms with E-state index in [4.69, 9.17) is 23.2 Å². The Morgan fingerprint density at radius 1 is 1.10 bits per heavy atom. The van der Waals surface area contributed by atoms with Gasteiger partial charge in [0.25, 0.3) is 0 Å². The number of carbonyl (C=O) groups excluding carboxylic acids is 1. The van der Waals surface area contributed by atoms with Crippen molar-refractivity contribution in [3.63, 3.8) is 0 Å². The number of rotatable bonds is 2. The van der Waals surface area contributed by atoms with Crippen molar-refractivity contribution in [3.05, 3.63) is 68.2 Å². The van der Waals surface area contributed by atoms with E-state index in [0.29, 0.717) is 25.6 Å². The highest BCUT2D eigenvalue weighted by atomic mass is 79.9. The highest BCUT2D eigenvalue weighted by molar-refractivity contribution is 9.10. The lowest BCUT2D eigenvalue weighted by atomic mass is 10.0. The molecule has 1 N–H and O–H groups in total. The Kier molecular flexibility index (Phi) is 3.59. The zero-order valence-electron chi connectivity index (χ0n) is 10.1. The van der Waals surface area contributed by atoms with Gasteiger partial charge in [-0.3, -0.25) is 4.79 Å². The summed E-state index contributed by atoms with van der Waals surface area (Å²) in [5.41, 5.74) is 1.88. The second-order valence-electron chi connectivity index (χ2n) is 4.32. The zero-order chi connectivity index (χ0) is 14.3. The van der Waals surface area contributed by atoms with Crippen LogP contribution in [0.5, 0.6) is 0 Å². The molecule has 5 heteroatoms. The Bertz CT molecular complexity index is 826. The lowest BCUT2D eigenvalue weighted by molar-refractivity contribution is 0.104. The molecule has 0 unspecified atom stereocenters. The summed E-state index contributed by atoms with van der Waals surface area (Å²) in [5.74, 6) is -0.134. The van der Waals surface area contributed by atoms with Crippen molar-refractivity contribution in [3.8, 4) is 0 Å². The number of halogens is 3. The fourth-order valence-corrected chi connectivity index (χ4v) is 2.86. The molecule has 0 spiro atoms. The van der Waals surface area contributed by atoms with Gasteiger partial charge in [0.05, 0.1) is 5.02 Å². The summed E-state index contributed by atoms with van der Waals surface area (Å²) < 4.78 is 0.697. The van der Waals surface area contributed by atoms with E-state index in [1.165, 1.54) is 0 Å². The van der Waals surface area contributed by atoms with Gasteiger partial charge >= 0.3 is 0 Å². The van der Waals surface area contributed by atoms with Gasteiger partial charge in [0, 0.05) is 37.7 Å². The van der Waals surface area contributed by atoms with Gasteiger partial charge in [0.1, 0.15) is 0 Å². The molecule has 100 valence electrons. The van der Waals surface area contributed by atoms with Gasteiger partial charge in [-0.15, -0.1) is 0 Å². The number of ketones is 1. The summed E-state index contributed by atoms with van der Waals surface area (Å²) in [6, 6.07) is 10.7. The predicted octanol–water partition coefficient (Wildman–Crippen LogP) is 5.47.